The number of nitrogens with zero attached hydrogens (tertiary/aromatic N) is 1. The summed E-state index contributed by atoms with van der Waals surface area (Å²) in [5.41, 5.74) is 0.988. The lowest BCUT2D eigenvalue weighted by molar-refractivity contribution is 0.716. The number of aromatic nitrogens is 1. The lowest BCUT2D eigenvalue weighted by atomic mass is 10.0. The van der Waals surface area contributed by atoms with E-state index in [1.807, 2.05) is 26.0 Å². The quantitative estimate of drug-likeness (QED) is 0.672. The molecule has 1 nitrogen and oxygen atoms in total. The highest BCUT2D eigenvalue weighted by atomic mass is 35.5. The fourth-order valence-electron chi connectivity index (χ4n) is 0.892. The topological polar surface area (TPSA) is 12.9 Å². The summed E-state index contributed by atoms with van der Waals surface area (Å²) in [6.07, 6.45) is 1.65. The molecule has 0 amide bonds. The zero-order chi connectivity index (χ0) is 9.14. The van der Waals surface area contributed by atoms with E-state index in [0.29, 0.717) is 5.02 Å². The third kappa shape index (κ3) is 2.36. The lowest BCUT2D eigenvalue weighted by Gasteiger charge is -2.12. The Morgan fingerprint density at radius 3 is 2.42 bits per heavy atom. The minimum Gasteiger partial charge on any atom is -0.259 e. The fourth-order valence-corrected chi connectivity index (χ4v) is 1.13. The van der Waals surface area contributed by atoms with Gasteiger partial charge in [0.15, 0.2) is 0 Å². The number of rotatable bonds is 2. The van der Waals surface area contributed by atoms with Gasteiger partial charge < -0.3 is 0 Å². The molecular weight excluding hydrogens is 193 g/mol. The van der Waals surface area contributed by atoms with Crippen molar-refractivity contribution in [2.45, 2.75) is 25.1 Å². The Bertz CT molecular complexity index is 243. The van der Waals surface area contributed by atoms with Crippen LogP contribution in [0.15, 0.2) is 18.3 Å². The summed E-state index contributed by atoms with van der Waals surface area (Å²) in [6, 6.07) is 3.74. The van der Waals surface area contributed by atoms with Crippen molar-refractivity contribution in [3.63, 3.8) is 0 Å². The van der Waals surface area contributed by atoms with Gasteiger partial charge in [-0.05, 0) is 19.1 Å². The zero-order valence-corrected chi connectivity index (χ0v) is 8.60. The largest absolute Gasteiger partial charge is 0.259 e. The van der Waals surface area contributed by atoms with E-state index >= 15 is 0 Å². The van der Waals surface area contributed by atoms with Gasteiger partial charge in [-0.2, -0.15) is 0 Å². The van der Waals surface area contributed by atoms with E-state index in [1.54, 1.807) is 6.20 Å². The maximum absolute atomic E-state index is 5.93. The normalized spacial score (nSPS) is 15.7. The predicted molar refractivity (Wildman–Crippen MR) is 53.0 cm³/mol. The van der Waals surface area contributed by atoms with Gasteiger partial charge in [0.05, 0.1) is 5.02 Å². The maximum atomic E-state index is 5.93. The van der Waals surface area contributed by atoms with Crippen LogP contribution in [0.3, 0.4) is 0 Å². The van der Waals surface area contributed by atoms with Crippen LogP contribution in [-0.4, -0.2) is 10.4 Å². The molecule has 0 N–H and O–H groups in total. The van der Waals surface area contributed by atoms with Gasteiger partial charge in [0.2, 0.25) is 0 Å². The third-order valence-electron chi connectivity index (χ3n) is 1.91. The molecular formula is C9H11Cl2N. The van der Waals surface area contributed by atoms with Gasteiger partial charge in [-0.25, -0.2) is 0 Å². The fraction of sp³-hybridized carbons (Fsp3) is 0.444. The molecule has 12 heavy (non-hydrogen) atoms. The van der Waals surface area contributed by atoms with Crippen molar-refractivity contribution in [3.05, 3.63) is 29.0 Å². The SMILES string of the molecule is CC(Cl)C(C)c1ccc(Cl)cn1. The van der Waals surface area contributed by atoms with Crippen molar-refractivity contribution < 1.29 is 0 Å². The second kappa shape index (κ2) is 4.11. The van der Waals surface area contributed by atoms with Crippen molar-refractivity contribution in [2.24, 2.45) is 0 Å². The highest BCUT2D eigenvalue weighted by molar-refractivity contribution is 6.30. The Morgan fingerprint density at radius 1 is 1.33 bits per heavy atom. The van der Waals surface area contributed by atoms with Crippen LogP contribution in [0.5, 0.6) is 0 Å². The standard InChI is InChI=1S/C9H11Cl2N/c1-6(7(2)10)9-4-3-8(11)5-12-9/h3-7H,1-2H3. The average Bonchev–Trinajstić information content (AvgIpc) is 2.04. The summed E-state index contributed by atoms with van der Waals surface area (Å²) < 4.78 is 0. The van der Waals surface area contributed by atoms with Crippen LogP contribution in [0.1, 0.15) is 25.5 Å². The first kappa shape index (κ1) is 9.82. The lowest BCUT2D eigenvalue weighted by Crippen LogP contribution is -2.06. The molecule has 2 unspecified atom stereocenters. The summed E-state index contributed by atoms with van der Waals surface area (Å²) >= 11 is 11.6. The van der Waals surface area contributed by atoms with Gasteiger partial charge in [0.1, 0.15) is 0 Å². The second-order valence-electron chi connectivity index (χ2n) is 2.87. The molecule has 0 spiro atoms. The smallest absolute Gasteiger partial charge is 0.0589 e. The van der Waals surface area contributed by atoms with Crippen LogP contribution < -0.4 is 0 Å². The first-order valence-corrected chi connectivity index (χ1v) is 4.68. The average molecular weight is 204 g/mol. The molecule has 0 saturated carbocycles. The van der Waals surface area contributed by atoms with Gasteiger partial charge in [0.25, 0.3) is 0 Å². The Hall–Kier alpha value is -0.270. The van der Waals surface area contributed by atoms with E-state index in [1.165, 1.54) is 0 Å². The first-order chi connectivity index (χ1) is 5.61. The number of hydrogen-bond donors (Lipinski definition) is 0. The van der Waals surface area contributed by atoms with E-state index in [9.17, 15) is 0 Å². The number of hydrogen-bond acceptors (Lipinski definition) is 1. The summed E-state index contributed by atoms with van der Waals surface area (Å²) in [6.45, 7) is 4.01. The molecule has 0 aliphatic rings. The maximum Gasteiger partial charge on any atom is 0.0589 e. The summed E-state index contributed by atoms with van der Waals surface area (Å²) in [7, 11) is 0. The Kier molecular flexibility index (Phi) is 3.36. The van der Waals surface area contributed by atoms with E-state index in [-0.39, 0.29) is 11.3 Å². The first-order valence-electron chi connectivity index (χ1n) is 3.87. The molecule has 1 rings (SSSR count). The molecule has 3 heteroatoms. The van der Waals surface area contributed by atoms with E-state index < -0.39 is 0 Å². The molecule has 0 aromatic carbocycles. The van der Waals surface area contributed by atoms with Gasteiger partial charge >= 0.3 is 0 Å². The molecule has 0 fully saturated rings. The summed E-state index contributed by atoms with van der Waals surface area (Å²) in [5.74, 6) is 0.268. The third-order valence-corrected chi connectivity index (χ3v) is 2.51. The Labute approximate surface area is 82.7 Å². The van der Waals surface area contributed by atoms with Gasteiger partial charge in [0, 0.05) is 23.2 Å². The van der Waals surface area contributed by atoms with Crippen molar-refractivity contribution >= 4 is 23.2 Å². The molecule has 0 aliphatic carbocycles. The van der Waals surface area contributed by atoms with Crippen molar-refractivity contribution in [1.82, 2.24) is 4.98 Å². The van der Waals surface area contributed by atoms with E-state index in [2.05, 4.69) is 4.98 Å². The van der Waals surface area contributed by atoms with Crippen LogP contribution >= 0.6 is 23.2 Å². The van der Waals surface area contributed by atoms with Gasteiger partial charge in [-0.15, -0.1) is 11.6 Å². The molecule has 66 valence electrons. The second-order valence-corrected chi connectivity index (χ2v) is 3.99. The molecule has 2 atom stereocenters. The molecule has 0 bridgehead atoms. The number of alkyl halides is 1. The number of halogens is 2. The van der Waals surface area contributed by atoms with Gasteiger partial charge in [-0.3, -0.25) is 4.98 Å². The van der Waals surface area contributed by atoms with Crippen LogP contribution in [0, 0.1) is 0 Å². The van der Waals surface area contributed by atoms with Crippen molar-refractivity contribution in [3.8, 4) is 0 Å². The van der Waals surface area contributed by atoms with Crippen LogP contribution in [0.2, 0.25) is 5.02 Å². The van der Waals surface area contributed by atoms with E-state index in [4.69, 9.17) is 23.2 Å². The highest BCUT2D eigenvalue weighted by Crippen LogP contribution is 2.21. The molecule has 0 saturated heterocycles. The van der Waals surface area contributed by atoms with Crippen LogP contribution in [-0.2, 0) is 0 Å². The van der Waals surface area contributed by atoms with E-state index in [0.717, 1.165) is 5.69 Å². The molecule has 0 aliphatic heterocycles. The summed E-state index contributed by atoms with van der Waals surface area (Å²) in [4.78, 5) is 4.18. The highest BCUT2D eigenvalue weighted by Gasteiger charge is 2.12. The molecule has 1 heterocycles. The monoisotopic (exact) mass is 203 g/mol. The molecule has 0 radical (unpaired) electrons. The van der Waals surface area contributed by atoms with Crippen molar-refractivity contribution in [1.29, 1.82) is 0 Å². The van der Waals surface area contributed by atoms with Crippen LogP contribution in [0.25, 0.3) is 0 Å². The number of pyridine rings is 1. The van der Waals surface area contributed by atoms with Crippen molar-refractivity contribution in [2.75, 3.05) is 0 Å². The zero-order valence-electron chi connectivity index (χ0n) is 7.09. The van der Waals surface area contributed by atoms with Gasteiger partial charge in [-0.1, -0.05) is 18.5 Å². The minimum atomic E-state index is 0.0960. The minimum absolute atomic E-state index is 0.0960. The predicted octanol–water partition coefficient (Wildman–Crippen LogP) is 3.47. The Balaban J connectivity index is 2.82. The Morgan fingerprint density at radius 2 is 2.00 bits per heavy atom. The molecule has 1 aromatic rings. The summed E-state index contributed by atoms with van der Waals surface area (Å²) in [5, 5.41) is 0.756. The molecule has 1 aromatic heterocycles. The van der Waals surface area contributed by atoms with Crippen LogP contribution in [0.4, 0.5) is 0 Å².